The van der Waals surface area contributed by atoms with E-state index in [1.54, 1.807) is 12.1 Å². The maximum absolute atomic E-state index is 12.2. The lowest BCUT2D eigenvalue weighted by molar-refractivity contribution is 0.394. The number of hydrogen-bond acceptors (Lipinski definition) is 5. The predicted molar refractivity (Wildman–Crippen MR) is 81.4 cm³/mol. The van der Waals surface area contributed by atoms with Crippen LogP contribution in [0.25, 0.3) is 0 Å². The lowest BCUT2D eigenvalue weighted by atomic mass is 10.3. The van der Waals surface area contributed by atoms with Crippen molar-refractivity contribution in [2.45, 2.75) is 24.8 Å². The van der Waals surface area contributed by atoms with Crippen molar-refractivity contribution >= 4 is 15.7 Å². The van der Waals surface area contributed by atoms with Gasteiger partial charge in [-0.3, -0.25) is 0 Å². The summed E-state index contributed by atoms with van der Waals surface area (Å²) in [7, 11) is 0.450. The average molecular weight is 300 g/mol. The van der Waals surface area contributed by atoms with Crippen molar-refractivity contribution in [1.29, 1.82) is 0 Å². The molecule has 0 aromatic carbocycles. The lowest BCUT2D eigenvalue weighted by Gasteiger charge is -2.12. The molecule has 0 saturated heterocycles. The zero-order chi connectivity index (χ0) is 15.0. The van der Waals surface area contributed by atoms with Crippen LogP contribution in [0.15, 0.2) is 23.4 Å². The Morgan fingerprint density at radius 1 is 1.30 bits per heavy atom. The number of unbranched alkanes of at least 4 members (excludes halogenated alkanes) is 1. The second-order valence-corrected chi connectivity index (χ2v) is 6.48. The Hall–Kier alpha value is -1.18. The van der Waals surface area contributed by atoms with E-state index in [0.717, 1.165) is 19.4 Å². The van der Waals surface area contributed by atoms with Crippen LogP contribution in [0.2, 0.25) is 0 Å². The zero-order valence-corrected chi connectivity index (χ0v) is 13.2. The zero-order valence-electron chi connectivity index (χ0n) is 12.4. The summed E-state index contributed by atoms with van der Waals surface area (Å²) >= 11 is 0. The molecule has 0 atom stereocenters. The fraction of sp³-hybridized carbons (Fsp3) is 0.615. The highest BCUT2D eigenvalue weighted by molar-refractivity contribution is 7.89. The summed E-state index contributed by atoms with van der Waals surface area (Å²) < 4.78 is 27.0. The van der Waals surface area contributed by atoms with Crippen LogP contribution in [0.1, 0.15) is 19.8 Å². The summed E-state index contributed by atoms with van der Waals surface area (Å²) in [6.07, 6.45) is 3.25. The number of nitrogens with one attached hydrogen (secondary N) is 2. The summed E-state index contributed by atoms with van der Waals surface area (Å²) in [6.45, 7) is 3.95. The molecular formula is C13H24N4O2S. The van der Waals surface area contributed by atoms with Crippen molar-refractivity contribution in [3.05, 3.63) is 18.3 Å². The monoisotopic (exact) mass is 300 g/mol. The molecule has 1 aromatic rings. The van der Waals surface area contributed by atoms with Gasteiger partial charge < -0.3 is 10.2 Å². The highest BCUT2D eigenvalue weighted by atomic mass is 32.2. The third kappa shape index (κ3) is 5.44. The summed E-state index contributed by atoms with van der Waals surface area (Å²) in [5.74, 6) is 0. The molecule has 0 unspecified atom stereocenters. The third-order valence-corrected chi connectivity index (χ3v) is 4.14. The van der Waals surface area contributed by atoms with Crippen LogP contribution in [0.5, 0.6) is 0 Å². The fourth-order valence-electron chi connectivity index (χ4n) is 1.76. The number of anilines is 1. The molecule has 0 aliphatic rings. The Bertz CT molecular complexity index is 503. The van der Waals surface area contributed by atoms with Crippen molar-refractivity contribution in [3.63, 3.8) is 0 Å². The molecule has 0 bridgehead atoms. The Balaban J connectivity index is 2.60. The molecule has 0 amide bonds. The molecule has 0 saturated carbocycles. The standard InChI is InChI=1S/C13H24N4O2S/c1-4-14-12-8-7-9-15-13(12)20(18,19)16-10-5-6-11-17(2)3/h7-9,14,16H,4-6,10-11H2,1-3H3. The third-order valence-electron chi connectivity index (χ3n) is 2.72. The minimum Gasteiger partial charge on any atom is -0.383 e. The minimum atomic E-state index is -3.55. The minimum absolute atomic E-state index is 0.0643. The van der Waals surface area contributed by atoms with E-state index in [-0.39, 0.29) is 5.03 Å². The molecule has 0 fully saturated rings. The molecule has 0 aliphatic carbocycles. The van der Waals surface area contributed by atoms with Gasteiger partial charge in [0.15, 0.2) is 5.03 Å². The predicted octanol–water partition coefficient (Wildman–Crippen LogP) is 1.13. The molecule has 1 aromatic heterocycles. The van der Waals surface area contributed by atoms with E-state index in [1.807, 2.05) is 21.0 Å². The van der Waals surface area contributed by atoms with Crippen LogP contribution in [0.4, 0.5) is 5.69 Å². The Kier molecular flexibility index (Phi) is 6.90. The molecule has 1 rings (SSSR count). The van der Waals surface area contributed by atoms with Gasteiger partial charge >= 0.3 is 0 Å². The first-order valence-electron chi connectivity index (χ1n) is 6.80. The van der Waals surface area contributed by atoms with Crippen molar-refractivity contribution in [1.82, 2.24) is 14.6 Å². The van der Waals surface area contributed by atoms with Crippen LogP contribution in [-0.2, 0) is 10.0 Å². The topological polar surface area (TPSA) is 74.3 Å². The van der Waals surface area contributed by atoms with E-state index in [4.69, 9.17) is 0 Å². The summed E-state index contributed by atoms with van der Waals surface area (Å²) in [6, 6.07) is 3.44. The lowest BCUT2D eigenvalue weighted by Crippen LogP contribution is -2.27. The van der Waals surface area contributed by atoms with Crippen molar-refractivity contribution in [2.75, 3.05) is 39.0 Å². The highest BCUT2D eigenvalue weighted by Crippen LogP contribution is 2.17. The van der Waals surface area contributed by atoms with Crippen LogP contribution in [-0.4, -0.2) is 52.0 Å². The molecule has 0 aliphatic heterocycles. The molecule has 0 spiro atoms. The molecule has 1 heterocycles. The van der Waals surface area contributed by atoms with Gasteiger partial charge in [-0.2, -0.15) is 0 Å². The Labute approximate surface area is 121 Å². The molecule has 20 heavy (non-hydrogen) atoms. The first-order valence-corrected chi connectivity index (χ1v) is 8.29. The first kappa shape index (κ1) is 16.9. The molecular weight excluding hydrogens is 276 g/mol. The summed E-state index contributed by atoms with van der Waals surface area (Å²) in [5.41, 5.74) is 0.538. The van der Waals surface area contributed by atoms with Gasteiger partial charge in [-0.25, -0.2) is 18.1 Å². The van der Waals surface area contributed by atoms with Gasteiger partial charge in [0.25, 0.3) is 10.0 Å². The van der Waals surface area contributed by atoms with E-state index >= 15 is 0 Å². The van der Waals surface area contributed by atoms with Gasteiger partial charge in [0.1, 0.15) is 0 Å². The Morgan fingerprint density at radius 2 is 2.05 bits per heavy atom. The van der Waals surface area contributed by atoms with Crippen LogP contribution < -0.4 is 10.0 Å². The SMILES string of the molecule is CCNc1cccnc1S(=O)(=O)NCCCCN(C)C. The highest BCUT2D eigenvalue weighted by Gasteiger charge is 2.18. The van der Waals surface area contributed by atoms with E-state index in [0.29, 0.717) is 18.8 Å². The number of rotatable bonds is 9. The van der Waals surface area contributed by atoms with Crippen molar-refractivity contribution in [2.24, 2.45) is 0 Å². The molecule has 6 nitrogen and oxygen atoms in total. The van der Waals surface area contributed by atoms with Gasteiger partial charge in [0.05, 0.1) is 5.69 Å². The Morgan fingerprint density at radius 3 is 2.70 bits per heavy atom. The van der Waals surface area contributed by atoms with Crippen LogP contribution in [0, 0.1) is 0 Å². The number of nitrogens with zero attached hydrogens (tertiary/aromatic N) is 2. The second-order valence-electron chi connectivity index (χ2n) is 4.79. The van der Waals surface area contributed by atoms with E-state index in [1.165, 1.54) is 6.20 Å². The molecule has 2 N–H and O–H groups in total. The van der Waals surface area contributed by atoms with Gasteiger partial charge in [0.2, 0.25) is 0 Å². The smallest absolute Gasteiger partial charge is 0.260 e. The number of pyridine rings is 1. The van der Waals surface area contributed by atoms with Crippen molar-refractivity contribution < 1.29 is 8.42 Å². The van der Waals surface area contributed by atoms with E-state index < -0.39 is 10.0 Å². The maximum atomic E-state index is 12.2. The normalized spacial score (nSPS) is 11.8. The fourth-order valence-corrected chi connectivity index (χ4v) is 2.94. The molecule has 0 radical (unpaired) electrons. The number of sulfonamides is 1. The molecule has 114 valence electrons. The van der Waals surface area contributed by atoms with Gasteiger partial charge in [-0.05, 0) is 52.5 Å². The largest absolute Gasteiger partial charge is 0.383 e. The maximum Gasteiger partial charge on any atom is 0.260 e. The second kappa shape index (κ2) is 8.18. The van der Waals surface area contributed by atoms with Crippen LogP contribution in [0.3, 0.4) is 0 Å². The van der Waals surface area contributed by atoms with E-state index in [2.05, 4.69) is 19.9 Å². The van der Waals surface area contributed by atoms with E-state index in [9.17, 15) is 8.42 Å². The molecule has 7 heteroatoms. The first-order chi connectivity index (χ1) is 9.47. The summed E-state index contributed by atoms with van der Waals surface area (Å²) in [5, 5.41) is 3.07. The van der Waals surface area contributed by atoms with Crippen molar-refractivity contribution in [3.8, 4) is 0 Å². The quantitative estimate of drug-likeness (QED) is 0.669. The summed E-state index contributed by atoms with van der Waals surface area (Å²) in [4.78, 5) is 6.05. The van der Waals surface area contributed by atoms with Gasteiger partial charge in [-0.15, -0.1) is 0 Å². The van der Waals surface area contributed by atoms with Crippen LogP contribution >= 0.6 is 0 Å². The number of aromatic nitrogens is 1. The van der Waals surface area contributed by atoms with Gasteiger partial charge in [0, 0.05) is 19.3 Å². The number of hydrogen-bond donors (Lipinski definition) is 2. The van der Waals surface area contributed by atoms with Gasteiger partial charge in [-0.1, -0.05) is 0 Å². The average Bonchev–Trinajstić information content (AvgIpc) is 2.38.